The fraction of sp³-hybridized carbons (Fsp3) is 0.378. The second kappa shape index (κ2) is 13.2. The first-order valence-electron chi connectivity index (χ1n) is 15.5. The van der Waals surface area contributed by atoms with Crippen LogP contribution in [-0.2, 0) is 29.3 Å². The lowest BCUT2D eigenvalue weighted by atomic mass is 9.82. The number of nitrogens with zero attached hydrogens (tertiary/aromatic N) is 3. The molecule has 5 rings (SSSR count). The van der Waals surface area contributed by atoms with Crippen molar-refractivity contribution >= 4 is 17.1 Å². The van der Waals surface area contributed by atoms with Crippen LogP contribution < -0.4 is 9.80 Å². The summed E-state index contributed by atoms with van der Waals surface area (Å²) in [5.41, 5.74) is 7.65. The van der Waals surface area contributed by atoms with E-state index in [4.69, 9.17) is 9.73 Å². The van der Waals surface area contributed by atoms with Crippen LogP contribution >= 0.6 is 0 Å². The molecule has 0 unspecified atom stereocenters. The molecule has 0 bridgehead atoms. The van der Waals surface area contributed by atoms with Crippen LogP contribution in [0.15, 0.2) is 89.7 Å². The van der Waals surface area contributed by atoms with E-state index in [1.165, 1.54) is 17.7 Å². The molecule has 0 N–H and O–H groups in total. The SMILES string of the molecule is C=C(N=C(CCC)C1=CN(Cc2ccc(C(F)(F)F)cc2)c2cc(N3CCOCC3)c(C)cc2C1)C(C)(C)c1ccc(F)cc1. The molecule has 45 heavy (non-hydrogen) atoms. The average molecular weight is 620 g/mol. The minimum Gasteiger partial charge on any atom is -0.378 e. The van der Waals surface area contributed by atoms with Crippen molar-refractivity contribution in [1.82, 2.24) is 0 Å². The van der Waals surface area contributed by atoms with Crippen LogP contribution in [0.3, 0.4) is 0 Å². The van der Waals surface area contributed by atoms with Gasteiger partial charge in [-0.2, -0.15) is 13.2 Å². The van der Waals surface area contributed by atoms with Crippen molar-refractivity contribution < 1.29 is 22.3 Å². The molecular formula is C37H41F4N3O. The summed E-state index contributed by atoms with van der Waals surface area (Å²) in [5.74, 6) is -0.290. The highest BCUT2D eigenvalue weighted by molar-refractivity contribution is 6.02. The van der Waals surface area contributed by atoms with Crippen LogP contribution in [0.2, 0.25) is 0 Å². The third-order valence-corrected chi connectivity index (χ3v) is 8.80. The minimum absolute atomic E-state index is 0.290. The van der Waals surface area contributed by atoms with Crippen molar-refractivity contribution in [2.45, 2.75) is 65.1 Å². The van der Waals surface area contributed by atoms with Gasteiger partial charge in [0.25, 0.3) is 0 Å². The third kappa shape index (κ3) is 7.33. The fourth-order valence-corrected chi connectivity index (χ4v) is 5.97. The van der Waals surface area contributed by atoms with Gasteiger partial charge < -0.3 is 14.5 Å². The van der Waals surface area contributed by atoms with Crippen molar-refractivity contribution in [3.63, 3.8) is 0 Å². The number of fused-ring (bicyclic) bond motifs is 1. The molecule has 238 valence electrons. The lowest BCUT2D eigenvalue weighted by Gasteiger charge is -2.35. The Labute approximate surface area is 263 Å². The molecule has 0 spiro atoms. The number of aryl methyl sites for hydroxylation is 1. The van der Waals surface area contributed by atoms with Crippen molar-refractivity contribution in [2.75, 3.05) is 36.1 Å². The summed E-state index contributed by atoms with van der Waals surface area (Å²) >= 11 is 0. The van der Waals surface area contributed by atoms with Gasteiger partial charge in [-0.15, -0.1) is 0 Å². The number of halogens is 4. The van der Waals surface area contributed by atoms with Crippen LogP contribution in [0.25, 0.3) is 0 Å². The summed E-state index contributed by atoms with van der Waals surface area (Å²) in [7, 11) is 0. The van der Waals surface area contributed by atoms with Gasteiger partial charge >= 0.3 is 6.18 Å². The van der Waals surface area contributed by atoms with E-state index in [0.29, 0.717) is 31.9 Å². The van der Waals surface area contributed by atoms with Gasteiger partial charge in [-0.1, -0.05) is 64.1 Å². The molecule has 2 aliphatic rings. The van der Waals surface area contributed by atoms with E-state index in [2.05, 4.69) is 48.6 Å². The van der Waals surface area contributed by atoms with E-state index in [-0.39, 0.29) is 5.82 Å². The largest absolute Gasteiger partial charge is 0.416 e. The molecule has 0 amide bonds. The molecular weight excluding hydrogens is 578 g/mol. The number of anilines is 2. The number of benzene rings is 3. The van der Waals surface area contributed by atoms with Crippen LogP contribution in [0.4, 0.5) is 28.9 Å². The maximum Gasteiger partial charge on any atom is 0.416 e. The number of rotatable bonds is 9. The summed E-state index contributed by atoms with van der Waals surface area (Å²) < 4.78 is 59.1. The zero-order valence-electron chi connectivity index (χ0n) is 26.5. The number of hydrogen-bond donors (Lipinski definition) is 0. The molecule has 0 aromatic heterocycles. The molecule has 0 radical (unpaired) electrons. The Morgan fingerprint density at radius 2 is 1.58 bits per heavy atom. The molecule has 2 aliphatic heterocycles. The number of morpholine rings is 1. The minimum atomic E-state index is -4.39. The molecule has 1 fully saturated rings. The number of allylic oxidation sites excluding steroid dienone is 2. The molecule has 3 aromatic rings. The summed E-state index contributed by atoms with van der Waals surface area (Å²) in [6.45, 7) is 16.0. The van der Waals surface area contributed by atoms with Crippen molar-refractivity contribution in [3.8, 4) is 0 Å². The Balaban J connectivity index is 1.54. The predicted molar refractivity (Wildman–Crippen MR) is 175 cm³/mol. The monoisotopic (exact) mass is 619 g/mol. The number of hydrogen-bond acceptors (Lipinski definition) is 4. The van der Waals surface area contributed by atoms with Gasteiger partial charge in [0, 0.05) is 60.5 Å². The van der Waals surface area contributed by atoms with Crippen molar-refractivity contribution in [3.05, 3.63) is 118 Å². The quantitative estimate of drug-likeness (QED) is 0.177. The first-order valence-corrected chi connectivity index (χ1v) is 15.5. The topological polar surface area (TPSA) is 28.1 Å². The predicted octanol–water partition coefficient (Wildman–Crippen LogP) is 9.17. The highest BCUT2D eigenvalue weighted by atomic mass is 19.4. The van der Waals surface area contributed by atoms with Crippen LogP contribution in [-0.4, -0.2) is 32.0 Å². The van der Waals surface area contributed by atoms with Crippen molar-refractivity contribution in [2.24, 2.45) is 4.99 Å². The maximum atomic E-state index is 13.7. The van der Waals surface area contributed by atoms with Crippen LogP contribution in [0.1, 0.15) is 61.4 Å². The number of alkyl halides is 3. The highest BCUT2D eigenvalue weighted by Gasteiger charge is 2.31. The Morgan fingerprint density at radius 1 is 0.933 bits per heavy atom. The second-order valence-electron chi connectivity index (χ2n) is 12.4. The van der Waals surface area contributed by atoms with Gasteiger partial charge in [0.1, 0.15) is 5.82 Å². The summed E-state index contributed by atoms with van der Waals surface area (Å²) in [5, 5.41) is 0. The van der Waals surface area contributed by atoms with E-state index in [1.807, 2.05) is 13.8 Å². The Morgan fingerprint density at radius 3 is 2.20 bits per heavy atom. The lowest BCUT2D eigenvalue weighted by molar-refractivity contribution is -0.137. The number of ether oxygens (including phenoxy) is 1. The average Bonchev–Trinajstić information content (AvgIpc) is 3.01. The Bertz CT molecular complexity index is 1580. The van der Waals surface area contributed by atoms with Gasteiger partial charge in [-0.25, -0.2) is 4.39 Å². The van der Waals surface area contributed by atoms with Gasteiger partial charge in [0.2, 0.25) is 0 Å². The van der Waals surface area contributed by atoms with Crippen LogP contribution in [0.5, 0.6) is 0 Å². The van der Waals surface area contributed by atoms with Gasteiger partial charge in [-0.3, -0.25) is 4.99 Å². The second-order valence-corrected chi connectivity index (χ2v) is 12.4. The third-order valence-electron chi connectivity index (χ3n) is 8.80. The molecule has 0 saturated carbocycles. The first-order chi connectivity index (χ1) is 21.4. The van der Waals surface area contributed by atoms with Gasteiger partial charge in [-0.05, 0) is 71.5 Å². The molecule has 0 aliphatic carbocycles. The Hall–Kier alpha value is -3.91. The van der Waals surface area contributed by atoms with Gasteiger partial charge in [0.05, 0.1) is 18.8 Å². The fourth-order valence-electron chi connectivity index (χ4n) is 5.97. The molecule has 8 heteroatoms. The first kappa shape index (κ1) is 32.5. The molecule has 3 aromatic carbocycles. The van der Waals surface area contributed by atoms with E-state index in [9.17, 15) is 17.6 Å². The number of aliphatic imine (C=N–C) groups is 1. The molecule has 2 heterocycles. The normalized spacial score (nSPS) is 16.0. The highest BCUT2D eigenvalue weighted by Crippen LogP contribution is 2.39. The van der Waals surface area contributed by atoms with Crippen LogP contribution in [0, 0.1) is 12.7 Å². The van der Waals surface area contributed by atoms with E-state index in [1.54, 1.807) is 24.3 Å². The molecule has 1 saturated heterocycles. The summed E-state index contributed by atoms with van der Waals surface area (Å²) in [6, 6.07) is 16.3. The summed E-state index contributed by atoms with van der Waals surface area (Å²) in [4.78, 5) is 9.58. The van der Waals surface area contributed by atoms with Crippen molar-refractivity contribution in [1.29, 1.82) is 0 Å². The smallest absolute Gasteiger partial charge is 0.378 e. The van der Waals surface area contributed by atoms with E-state index >= 15 is 0 Å². The Kier molecular flexibility index (Phi) is 9.54. The summed E-state index contributed by atoms with van der Waals surface area (Å²) in [6.07, 6.45) is 0.000610. The van der Waals surface area contributed by atoms with E-state index in [0.717, 1.165) is 77.4 Å². The van der Waals surface area contributed by atoms with Gasteiger partial charge in [0.15, 0.2) is 0 Å². The molecule has 0 atom stereocenters. The standard InChI is InChI=1S/C37H41F4N3O/c1-6-7-33(42-26(3)36(4,5)30-12-14-32(38)15-13-30)29-21-28-20-25(2)34(43-16-18-45-19-17-43)22-35(28)44(24-29)23-27-8-10-31(11-9-27)37(39,40)41/h8-15,20,22,24H,3,6-7,16-19,21,23H2,1-2,4-5H3. The lowest BCUT2D eigenvalue weighted by Crippen LogP contribution is -2.37. The molecule has 4 nitrogen and oxygen atoms in total. The zero-order valence-corrected chi connectivity index (χ0v) is 26.5. The van der Waals surface area contributed by atoms with E-state index < -0.39 is 17.2 Å². The zero-order chi connectivity index (χ0) is 32.4. The maximum absolute atomic E-state index is 13.7.